The Morgan fingerprint density at radius 1 is 0.926 bits per heavy atom. The molecule has 2 aromatic carbocycles. The number of benzene rings is 2. The third-order valence-electron chi connectivity index (χ3n) is 4.68. The fourth-order valence-electron chi connectivity index (χ4n) is 3.11. The zero-order chi connectivity index (χ0) is 19.1. The fraction of sp³-hybridized carbons (Fsp3) is 0.200. The molecule has 138 valence electrons. The molecule has 0 N–H and O–H groups in total. The fourth-order valence-corrected chi connectivity index (χ4v) is 3.11. The molecule has 0 saturated carbocycles. The minimum atomic E-state index is -0.427. The number of rotatable bonds is 4. The van der Waals surface area contributed by atoms with Crippen molar-refractivity contribution < 1.29 is 18.6 Å². The predicted octanol–water partition coefficient (Wildman–Crippen LogP) is 4.38. The van der Waals surface area contributed by atoms with Gasteiger partial charge in [0, 0.05) is 24.2 Å². The Kier molecular flexibility index (Phi) is 4.07. The van der Waals surface area contributed by atoms with Crippen molar-refractivity contribution in [2.24, 2.45) is 7.05 Å². The second kappa shape index (κ2) is 6.42. The van der Waals surface area contributed by atoms with Crippen molar-refractivity contribution in [2.45, 2.75) is 6.92 Å². The van der Waals surface area contributed by atoms with E-state index in [-0.39, 0.29) is 11.6 Å². The van der Waals surface area contributed by atoms with E-state index in [1.54, 1.807) is 38.5 Å². The third kappa shape index (κ3) is 2.71. The van der Waals surface area contributed by atoms with Crippen molar-refractivity contribution in [1.82, 2.24) is 14.5 Å². The van der Waals surface area contributed by atoms with Crippen LogP contribution in [0.1, 0.15) is 5.69 Å². The van der Waals surface area contributed by atoms with Crippen LogP contribution in [0.15, 0.2) is 36.7 Å². The number of methoxy groups -OCH3 is 2. The summed E-state index contributed by atoms with van der Waals surface area (Å²) in [4.78, 5) is 8.41. The van der Waals surface area contributed by atoms with Crippen LogP contribution >= 0.6 is 0 Å². The Morgan fingerprint density at radius 2 is 1.67 bits per heavy atom. The summed E-state index contributed by atoms with van der Waals surface area (Å²) in [6.45, 7) is 1.93. The Hall–Kier alpha value is -3.35. The summed E-state index contributed by atoms with van der Waals surface area (Å²) in [5.74, 6) is 0.972. The molecule has 0 aliphatic carbocycles. The molecule has 2 aromatic heterocycles. The van der Waals surface area contributed by atoms with Crippen LogP contribution in [0.2, 0.25) is 0 Å². The number of fused-ring (bicyclic) bond motifs is 2. The first kappa shape index (κ1) is 17.1. The molecular weight excluding hydrogens is 349 g/mol. The lowest BCUT2D eigenvalue weighted by molar-refractivity contribution is 0.355. The van der Waals surface area contributed by atoms with Gasteiger partial charge in [-0.1, -0.05) is 0 Å². The predicted molar refractivity (Wildman–Crippen MR) is 100 cm³/mol. The highest BCUT2D eigenvalue weighted by Gasteiger charge is 2.16. The highest BCUT2D eigenvalue weighted by Crippen LogP contribution is 2.37. The summed E-state index contributed by atoms with van der Waals surface area (Å²) >= 11 is 0. The quantitative estimate of drug-likeness (QED) is 0.536. The van der Waals surface area contributed by atoms with E-state index in [0.29, 0.717) is 27.8 Å². The average molecular weight is 367 g/mol. The van der Waals surface area contributed by atoms with Crippen LogP contribution in [-0.2, 0) is 7.05 Å². The van der Waals surface area contributed by atoms with Crippen LogP contribution in [0, 0.1) is 12.7 Å². The van der Waals surface area contributed by atoms with E-state index in [1.165, 1.54) is 6.33 Å². The minimum absolute atomic E-state index is 0.0999. The van der Waals surface area contributed by atoms with E-state index in [9.17, 15) is 4.39 Å². The number of hydrogen-bond acceptors (Lipinski definition) is 5. The monoisotopic (exact) mass is 367 g/mol. The average Bonchev–Trinajstić information content (AvgIpc) is 2.98. The Morgan fingerprint density at radius 3 is 2.41 bits per heavy atom. The maximum absolute atomic E-state index is 15.0. The van der Waals surface area contributed by atoms with Gasteiger partial charge in [0.05, 0.1) is 30.6 Å². The normalized spacial score (nSPS) is 11.1. The maximum atomic E-state index is 15.0. The van der Waals surface area contributed by atoms with Crippen molar-refractivity contribution in [3.8, 4) is 23.1 Å². The van der Waals surface area contributed by atoms with E-state index in [0.717, 1.165) is 11.2 Å². The standard InChI is InChI=1S/C20H18FN3O3/c1-11-7-13-15(24(11)2)5-6-16(19(13)21)27-20-12-8-17(25-3)18(26-4)9-14(12)22-10-23-20/h5-10H,1-4H3. The lowest BCUT2D eigenvalue weighted by Crippen LogP contribution is -1.96. The molecule has 4 aromatic rings. The second-order valence-electron chi connectivity index (χ2n) is 6.16. The molecular formula is C20H18FN3O3. The largest absolute Gasteiger partial charge is 0.493 e. The van der Waals surface area contributed by atoms with Gasteiger partial charge in [0.15, 0.2) is 23.1 Å². The van der Waals surface area contributed by atoms with Gasteiger partial charge in [-0.2, -0.15) is 0 Å². The molecule has 0 aliphatic heterocycles. The number of aryl methyl sites for hydroxylation is 2. The zero-order valence-corrected chi connectivity index (χ0v) is 15.4. The molecule has 0 atom stereocenters. The number of hydrogen-bond donors (Lipinski definition) is 0. The van der Waals surface area contributed by atoms with Gasteiger partial charge >= 0.3 is 0 Å². The van der Waals surface area contributed by atoms with Gasteiger partial charge in [0.1, 0.15) is 6.33 Å². The molecule has 2 heterocycles. The highest BCUT2D eigenvalue weighted by atomic mass is 19.1. The van der Waals surface area contributed by atoms with E-state index in [4.69, 9.17) is 14.2 Å². The molecule has 7 heteroatoms. The van der Waals surface area contributed by atoms with Gasteiger partial charge in [-0.05, 0) is 31.2 Å². The van der Waals surface area contributed by atoms with Gasteiger partial charge in [-0.15, -0.1) is 0 Å². The summed E-state index contributed by atoms with van der Waals surface area (Å²) in [6, 6.07) is 8.67. The summed E-state index contributed by atoms with van der Waals surface area (Å²) in [5, 5.41) is 1.10. The SMILES string of the molecule is COc1cc2ncnc(Oc3ccc4c(cc(C)n4C)c3F)c2cc1OC. The Bertz CT molecular complexity index is 1170. The lowest BCUT2D eigenvalue weighted by atomic mass is 10.2. The summed E-state index contributed by atoms with van der Waals surface area (Å²) in [6.07, 6.45) is 1.37. The van der Waals surface area contributed by atoms with Gasteiger partial charge in [0.25, 0.3) is 0 Å². The molecule has 0 saturated heterocycles. The van der Waals surface area contributed by atoms with E-state index >= 15 is 0 Å². The molecule has 0 unspecified atom stereocenters. The first-order chi connectivity index (χ1) is 13.0. The summed E-state index contributed by atoms with van der Waals surface area (Å²) < 4.78 is 33.4. The zero-order valence-electron chi connectivity index (χ0n) is 15.4. The van der Waals surface area contributed by atoms with Crippen molar-refractivity contribution in [3.63, 3.8) is 0 Å². The second-order valence-corrected chi connectivity index (χ2v) is 6.16. The van der Waals surface area contributed by atoms with Gasteiger partial charge in [-0.3, -0.25) is 0 Å². The minimum Gasteiger partial charge on any atom is -0.493 e. The molecule has 0 aliphatic rings. The first-order valence-corrected chi connectivity index (χ1v) is 8.32. The smallest absolute Gasteiger partial charge is 0.230 e. The number of ether oxygens (including phenoxy) is 3. The Balaban J connectivity index is 1.84. The molecule has 0 fully saturated rings. The summed E-state index contributed by atoms with van der Waals surface area (Å²) in [7, 11) is 4.99. The van der Waals surface area contributed by atoms with Crippen LogP contribution in [0.3, 0.4) is 0 Å². The van der Waals surface area contributed by atoms with Crippen LogP contribution in [0.4, 0.5) is 4.39 Å². The van der Waals surface area contributed by atoms with Gasteiger partial charge < -0.3 is 18.8 Å². The Labute approximate surface area is 155 Å². The van der Waals surface area contributed by atoms with Crippen molar-refractivity contribution in [2.75, 3.05) is 14.2 Å². The molecule has 0 bridgehead atoms. The number of nitrogens with zero attached hydrogens (tertiary/aromatic N) is 3. The van der Waals surface area contributed by atoms with E-state index in [2.05, 4.69) is 9.97 Å². The van der Waals surface area contributed by atoms with E-state index < -0.39 is 5.82 Å². The third-order valence-corrected chi connectivity index (χ3v) is 4.68. The van der Waals surface area contributed by atoms with Gasteiger partial charge in [-0.25, -0.2) is 14.4 Å². The molecule has 0 amide bonds. The number of aromatic nitrogens is 3. The van der Waals surface area contributed by atoms with Crippen LogP contribution in [-0.4, -0.2) is 28.8 Å². The van der Waals surface area contributed by atoms with Gasteiger partial charge in [0.2, 0.25) is 5.88 Å². The topological polar surface area (TPSA) is 58.4 Å². The molecule has 0 radical (unpaired) electrons. The van der Waals surface area contributed by atoms with Crippen molar-refractivity contribution in [3.05, 3.63) is 48.2 Å². The first-order valence-electron chi connectivity index (χ1n) is 8.32. The van der Waals surface area contributed by atoms with Crippen LogP contribution in [0.5, 0.6) is 23.1 Å². The molecule has 27 heavy (non-hydrogen) atoms. The van der Waals surface area contributed by atoms with Crippen molar-refractivity contribution in [1.29, 1.82) is 0 Å². The van der Waals surface area contributed by atoms with Crippen LogP contribution < -0.4 is 14.2 Å². The van der Waals surface area contributed by atoms with E-state index in [1.807, 2.05) is 24.6 Å². The summed E-state index contributed by atoms with van der Waals surface area (Å²) in [5.41, 5.74) is 2.37. The molecule has 0 spiro atoms. The molecule has 4 rings (SSSR count). The highest BCUT2D eigenvalue weighted by molar-refractivity contribution is 5.87. The lowest BCUT2D eigenvalue weighted by Gasteiger charge is -2.12. The maximum Gasteiger partial charge on any atom is 0.230 e. The molecule has 6 nitrogen and oxygen atoms in total. The van der Waals surface area contributed by atoms with Crippen LogP contribution in [0.25, 0.3) is 21.8 Å². The van der Waals surface area contributed by atoms with Crippen molar-refractivity contribution >= 4 is 21.8 Å². The number of halogens is 1.